The van der Waals surface area contributed by atoms with Crippen LogP contribution in [0.25, 0.3) is 0 Å². The van der Waals surface area contributed by atoms with Crippen molar-refractivity contribution in [2.75, 3.05) is 43.0 Å². The van der Waals surface area contributed by atoms with Crippen LogP contribution in [0.2, 0.25) is 0 Å². The number of anilines is 2. The number of nitrogens with one attached hydrogen (secondary N) is 2. The lowest BCUT2D eigenvalue weighted by molar-refractivity contribution is 0.405. The van der Waals surface area contributed by atoms with Crippen LogP contribution in [0.1, 0.15) is 13.3 Å². The Morgan fingerprint density at radius 1 is 1.32 bits per heavy atom. The molecule has 108 valence electrons. The van der Waals surface area contributed by atoms with Crippen LogP contribution in [0.3, 0.4) is 0 Å². The first-order chi connectivity index (χ1) is 8.93. The van der Waals surface area contributed by atoms with Gasteiger partial charge in [-0.05, 0) is 46.1 Å². The molecule has 1 aromatic heterocycles. The summed E-state index contributed by atoms with van der Waals surface area (Å²) in [6.45, 7) is 3.45. The van der Waals surface area contributed by atoms with E-state index in [2.05, 4.69) is 19.9 Å². The first kappa shape index (κ1) is 15.7. The Hall–Kier alpha value is -1.34. The van der Waals surface area contributed by atoms with Gasteiger partial charge < -0.3 is 10.2 Å². The van der Waals surface area contributed by atoms with Gasteiger partial charge in [0.25, 0.3) is 0 Å². The van der Waals surface area contributed by atoms with Gasteiger partial charge in [-0.15, -0.1) is 0 Å². The highest BCUT2D eigenvalue weighted by molar-refractivity contribution is 7.92. The predicted octanol–water partition coefficient (Wildman–Crippen LogP) is 1.21. The molecule has 0 aromatic carbocycles. The molecule has 6 nitrogen and oxygen atoms in total. The van der Waals surface area contributed by atoms with Crippen LogP contribution < -0.4 is 10.0 Å². The summed E-state index contributed by atoms with van der Waals surface area (Å²) in [7, 11) is 0.837. The average Bonchev–Trinajstić information content (AvgIpc) is 2.36. The molecule has 0 unspecified atom stereocenters. The van der Waals surface area contributed by atoms with Gasteiger partial charge in [0.15, 0.2) is 0 Å². The lowest BCUT2D eigenvalue weighted by Gasteiger charge is -2.10. The zero-order valence-corrected chi connectivity index (χ0v) is 12.5. The fraction of sp³-hybridized carbons (Fsp3) is 0.583. The Morgan fingerprint density at radius 3 is 2.58 bits per heavy atom. The maximum absolute atomic E-state index is 11.4. The molecule has 7 heteroatoms. The van der Waals surface area contributed by atoms with Crippen molar-refractivity contribution in [3.63, 3.8) is 0 Å². The second-order valence-corrected chi connectivity index (χ2v) is 6.53. The summed E-state index contributed by atoms with van der Waals surface area (Å²) >= 11 is 0. The summed E-state index contributed by atoms with van der Waals surface area (Å²) in [5, 5.41) is 3.19. The van der Waals surface area contributed by atoms with Gasteiger partial charge >= 0.3 is 0 Å². The van der Waals surface area contributed by atoms with Crippen molar-refractivity contribution in [2.45, 2.75) is 13.3 Å². The molecule has 19 heavy (non-hydrogen) atoms. The van der Waals surface area contributed by atoms with E-state index >= 15 is 0 Å². The van der Waals surface area contributed by atoms with Gasteiger partial charge in [-0.2, -0.15) is 0 Å². The van der Waals surface area contributed by atoms with Gasteiger partial charge in [-0.3, -0.25) is 4.72 Å². The standard InChI is InChI=1S/C12H22N4O2S/c1-4-19(17,18)15-11-6-7-12(14-10-11)13-8-5-9-16(2)3/h6-7,10,15H,4-5,8-9H2,1-3H3,(H,13,14). The Morgan fingerprint density at radius 2 is 2.05 bits per heavy atom. The summed E-state index contributed by atoms with van der Waals surface area (Å²) in [4.78, 5) is 6.28. The molecular formula is C12H22N4O2S. The minimum absolute atomic E-state index is 0.0531. The van der Waals surface area contributed by atoms with Crippen molar-refractivity contribution in [1.29, 1.82) is 0 Å². The third-order valence-corrected chi connectivity index (χ3v) is 3.81. The zero-order chi connectivity index (χ0) is 14.3. The van der Waals surface area contributed by atoms with E-state index in [-0.39, 0.29) is 5.75 Å². The fourth-order valence-electron chi connectivity index (χ4n) is 1.42. The van der Waals surface area contributed by atoms with Crippen molar-refractivity contribution >= 4 is 21.5 Å². The van der Waals surface area contributed by atoms with E-state index in [9.17, 15) is 8.42 Å². The second kappa shape index (κ2) is 7.30. The average molecular weight is 286 g/mol. The van der Waals surface area contributed by atoms with E-state index in [1.807, 2.05) is 14.1 Å². The van der Waals surface area contributed by atoms with Crippen LogP contribution in [0.15, 0.2) is 18.3 Å². The van der Waals surface area contributed by atoms with Crippen LogP contribution in [-0.2, 0) is 10.0 Å². The van der Waals surface area contributed by atoms with Gasteiger partial charge in [-0.1, -0.05) is 0 Å². The molecule has 2 N–H and O–H groups in total. The molecule has 0 bridgehead atoms. The van der Waals surface area contributed by atoms with E-state index in [0.29, 0.717) is 5.69 Å². The van der Waals surface area contributed by atoms with Crippen LogP contribution in [-0.4, -0.2) is 51.2 Å². The van der Waals surface area contributed by atoms with Crippen molar-refractivity contribution in [3.05, 3.63) is 18.3 Å². The lowest BCUT2D eigenvalue weighted by Crippen LogP contribution is -2.17. The highest BCUT2D eigenvalue weighted by Gasteiger charge is 2.06. The van der Waals surface area contributed by atoms with E-state index in [0.717, 1.165) is 25.3 Å². The van der Waals surface area contributed by atoms with Gasteiger partial charge in [0.05, 0.1) is 17.6 Å². The second-order valence-electron chi connectivity index (χ2n) is 4.52. The van der Waals surface area contributed by atoms with Crippen LogP contribution in [0.5, 0.6) is 0 Å². The number of hydrogen-bond donors (Lipinski definition) is 2. The SMILES string of the molecule is CCS(=O)(=O)Nc1ccc(NCCCN(C)C)nc1. The monoisotopic (exact) mass is 286 g/mol. The minimum Gasteiger partial charge on any atom is -0.370 e. The summed E-state index contributed by atoms with van der Waals surface area (Å²) in [5.41, 5.74) is 0.487. The first-order valence-corrected chi connectivity index (χ1v) is 7.93. The first-order valence-electron chi connectivity index (χ1n) is 6.28. The molecule has 0 aliphatic rings. The molecule has 0 aliphatic carbocycles. The van der Waals surface area contributed by atoms with Crippen molar-refractivity contribution < 1.29 is 8.42 Å². The highest BCUT2D eigenvalue weighted by atomic mass is 32.2. The Bertz CT molecular complexity index is 471. The number of aromatic nitrogens is 1. The molecule has 0 saturated heterocycles. The topological polar surface area (TPSA) is 74.3 Å². The van der Waals surface area contributed by atoms with Crippen molar-refractivity contribution in [2.24, 2.45) is 0 Å². The fourth-order valence-corrected chi connectivity index (χ4v) is 2.05. The third-order valence-electron chi connectivity index (χ3n) is 2.51. The molecule has 0 aliphatic heterocycles. The number of rotatable bonds is 8. The van der Waals surface area contributed by atoms with Gasteiger partial charge in [-0.25, -0.2) is 13.4 Å². The molecule has 1 rings (SSSR count). The molecule has 1 heterocycles. The normalized spacial score (nSPS) is 11.6. The largest absolute Gasteiger partial charge is 0.370 e. The van der Waals surface area contributed by atoms with E-state index in [4.69, 9.17) is 0 Å². The minimum atomic E-state index is -3.23. The smallest absolute Gasteiger partial charge is 0.232 e. The predicted molar refractivity (Wildman–Crippen MR) is 79.0 cm³/mol. The maximum atomic E-state index is 11.4. The zero-order valence-electron chi connectivity index (χ0n) is 11.7. The van der Waals surface area contributed by atoms with Crippen molar-refractivity contribution in [1.82, 2.24) is 9.88 Å². The molecule has 1 aromatic rings. The lowest BCUT2D eigenvalue weighted by atomic mass is 10.4. The third kappa shape index (κ3) is 6.40. The van der Waals surface area contributed by atoms with Gasteiger partial charge in [0, 0.05) is 6.54 Å². The number of nitrogens with zero attached hydrogens (tertiary/aromatic N) is 2. The molecule has 0 spiro atoms. The Kier molecular flexibility index (Phi) is 6.04. The van der Waals surface area contributed by atoms with E-state index < -0.39 is 10.0 Å². The number of hydrogen-bond acceptors (Lipinski definition) is 5. The van der Waals surface area contributed by atoms with Gasteiger partial charge in [0.1, 0.15) is 5.82 Å². The highest BCUT2D eigenvalue weighted by Crippen LogP contribution is 2.11. The maximum Gasteiger partial charge on any atom is 0.232 e. The number of sulfonamides is 1. The van der Waals surface area contributed by atoms with Crippen LogP contribution in [0.4, 0.5) is 11.5 Å². The molecular weight excluding hydrogens is 264 g/mol. The Labute approximate surface area is 115 Å². The van der Waals surface area contributed by atoms with Gasteiger partial charge in [0.2, 0.25) is 10.0 Å². The van der Waals surface area contributed by atoms with Crippen LogP contribution in [0, 0.1) is 0 Å². The van der Waals surface area contributed by atoms with Crippen LogP contribution >= 0.6 is 0 Å². The molecule has 0 amide bonds. The van der Waals surface area contributed by atoms with E-state index in [1.54, 1.807) is 19.1 Å². The summed E-state index contributed by atoms with van der Waals surface area (Å²) < 4.78 is 25.2. The summed E-state index contributed by atoms with van der Waals surface area (Å²) in [5.74, 6) is 0.801. The molecule has 0 radical (unpaired) electrons. The summed E-state index contributed by atoms with van der Waals surface area (Å²) in [6.07, 6.45) is 2.54. The quantitative estimate of drug-likeness (QED) is 0.703. The Balaban J connectivity index is 2.44. The van der Waals surface area contributed by atoms with Crippen molar-refractivity contribution in [3.8, 4) is 0 Å². The van der Waals surface area contributed by atoms with E-state index in [1.165, 1.54) is 6.20 Å². The number of pyridine rings is 1. The molecule has 0 fully saturated rings. The summed E-state index contributed by atoms with van der Waals surface area (Å²) in [6, 6.07) is 3.47. The molecule has 0 saturated carbocycles. The molecule has 0 atom stereocenters.